The van der Waals surface area contributed by atoms with Crippen LogP contribution in [0.5, 0.6) is 0 Å². The van der Waals surface area contributed by atoms with E-state index in [0.29, 0.717) is 12.8 Å². The van der Waals surface area contributed by atoms with Crippen LogP contribution in [0.1, 0.15) is 11.1 Å². The molecule has 0 saturated heterocycles. The molecule has 20 heavy (non-hydrogen) atoms. The second kappa shape index (κ2) is 7.65. The van der Waals surface area contributed by atoms with Crippen molar-refractivity contribution in [3.63, 3.8) is 0 Å². The average Bonchev–Trinajstić information content (AvgIpc) is 2.49. The van der Waals surface area contributed by atoms with Crippen molar-refractivity contribution in [2.24, 2.45) is 0 Å². The number of hydrogen-bond acceptors (Lipinski definition) is 4. The largest absolute Gasteiger partial charge is 0.198 e. The summed E-state index contributed by atoms with van der Waals surface area (Å²) in [5.74, 6) is 0. The second-order valence-electron chi connectivity index (χ2n) is 4.12. The Bertz CT molecular complexity index is 575. The van der Waals surface area contributed by atoms with Crippen LogP contribution in [-0.2, 0) is 12.8 Å². The fourth-order valence-electron chi connectivity index (χ4n) is 1.60. The van der Waals surface area contributed by atoms with Gasteiger partial charge in [0.2, 0.25) is 0 Å². The highest BCUT2D eigenvalue weighted by atomic mass is 33.1. The normalized spacial score (nSPS) is 9.70. The first kappa shape index (κ1) is 14.5. The zero-order chi connectivity index (χ0) is 14.2. The van der Waals surface area contributed by atoms with E-state index in [1.165, 1.54) is 0 Å². The predicted octanol–water partition coefficient (Wildman–Crippen LogP) is 4.62. The predicted molar refractivity (Wildman–Crippen MR) is 83.2 cm³/mol. The molecule has 0 amide bonds. The van der Waals surface area contributed by atoms with Gasteiger partial charge in [-0.1, -0.05) is 45.9 Å². The van der Waals surface area contributed by atoms with E-state index in [-0.39, 0.29) is 0 Å². The Hall–Kier alpha value is -1.88. The first-order valence-corrected chi connectivity index (χ1v) is 8.23. The van der Waals surface area contributed by atoms with E-state index >= 15 is 0 Å². The lowest BCUT2D eigenvalue weighted by Gasteiger charge is -2.03. The first-order valence-electron chi connectivity index (χ1n) is 6.08. The Morgan fingerprint density at radius 1 is 0.650 bits per heavy atom. The molecule has 0 radical (unpaired) electrons. The van der Waals surface area contributed by atoms with Gasteiger partial charge >= 0.3 is 0 Å². The number of benzene rings is 2. The van der Waals surface area contributed by atoms with Gasteiger partial charge in [-0.25, -0.2) is 0 Å². The molecule has 2 rings (SSSR count). The smallest absolute Gasteiger partial charge is 0.0669 e. The molecule has 0 saturated carbocycles. The molecule has 2 aromatic rings. The monoisotopic (exact) mass is 296 g/mol. The van der Waals surface area contributed by atoms with Gasteiger partial charge in [-0.3, -0.25) is 0 Å². The standard InChI is InChI=1S/C16H12N2S2/c17-11-9-13-1-5-15(6-2-13)19-20-16-7-3-14(4-8-16)10-12-18/h1-8H,9-10H2. The molecule has 0 atom stereocenters. The van der Waals surface area contributed by atoms with Crippen molar-refractivity contribution < 1.29 is 0 Å². The summed E-state index contributed by atoms with van der Waals surface area (Å²) in [6, 6.07) is 20.4. The molecule has 0 aromatic heterocycles. The fraction of sp³-hybridized carbons (Fsp3) is 0.125. The SMILES string of the molecule is N#CCc1ccc(SSc2ccc(CC#N)cc2)cc1. The Kier molecular flexibility index (Phi) is 5.55. The summed E-state index contributed by atoms with van der Waals surface area (Å²) in [5, 5.41) is 17.2. The van der Waals surface area contributed by atoms with Crippen molar-refractivity contribution in [1.82, 2.24) is 0 Å². The summed E-state index contributed by atoms with van der Waals surface area (Å²) in [5.41, 5.74) is 2.09. The summed E-state index contributed by atoms with van der Waals surface area (Å²) >= 11 is 0. The zero-order valence-corrected chi connectivity index (χ0v) is 12.4. The quantitative estimate of drug-likeness (QED) is 0.755. The van der Waals surface area contributed by atoms with Crippen molar-refractivity contribution in [2.75, 3.05) is 0 Å². The van der Waals surface area contributed by atoms with Crippen LogP contribution in [0, 0.1) is 22.7 Å². The highest BCUT2D eigenvalue weighted by molar-refractivity contribution is 8.76. The van der Waals surface area contributed by atoms with Crippen LogP contribution in [0.4, 0.5) is 0 Å². The van der Waals surface area contributed by atoms with Gasteiger partial charge in [0.1, 0.15) is 0 Å². The van der Waals surface area contributed by atoms with Crippen LogP contribution >= 0.6 is 21.6 Å². The Morgan fingerprint density at radius 2 is 1.00 bits per heavy atom. The zero-order valence-electron chi connectivity index (χ0n) is 10.7. The van der Waals surface area contributed by atoms with Gasteiger partial charge in [-0.05, 0) is 35.4 Å². The molecule has 0 unspecified atom stereocenters. The molecule has 0 spiro atoms. The van der Waals surface area contributed by atoms with Crippen LogP contribution in [0.25, 0.3) is 0 Å². The molecule has 2 nitrogen and oxygen atoms in total. The number of nitrogens with zero attached hydrogens (tertiary/aromatic N) is 2. The number of hydrogen-bond donors (Lipinski definition) is 0. The lowest BCUT2D eigenvalue weighted by Crippen LogP contribution is -1.80. The highest BCUT2D eigenvalue weighted by Gasteiger charge is 1.99. The third kappa shape index (κ3) is 4.35. The summed E-state index contributed by atoms with van der Waals surface area (Å²) in [6.07, 6.45) is 0.914. The van der Waals surface area contributed by atoms with Crippen molar-refractivity contribution in [2.45, 2.75) is 22.6 Å². The fourth-order valence-corrected chi connectivity index (χ4v) is 3.54. The van der Waals surface area contributed by atoms with Gasteiger partial charge in [0, 0.05) is 9.79 Å². The molecule has 0 aliphatic carbocycles. The van der Waals surface area contributed by atoms with Crippen molar-refractivity contribution in [3.05, 3.63) is 59.7 Å². The molecular formula is C16H12N2S2. The molecule has 2 aromatic carbocycles. The van der Waals surface area contributed by atoms with Crippen molar-refractivity contribution in [3.8, 4) is 12.1 Å². The van der Waals surface area contributed by atoms with E-state index in [2.05, 4.69) is 12.1 Å². The van der Waals surface area contributed by atoms with E-state index < -0.39 is 0 Å². The number of nitriles is 2. The topological polar surface area (TPSA) is 47.6 Å². The minimum absolute atomic E-state index is 0.457. The molecule has 0 fully saturated rings. The van der Waals surface area contributed by atoms with Crippen LogP contribution in [0.2, 0.25) is 0 Å². The van der Waals surface area contributed by atoms with Crippen molar-refractivity contribution >= 4 is 21.6 Å². The third-order valence-corrected chi connectivity index (χ3v) is 5.06. The minimum atomic E-state index is 0.457. The lowest BCUT2D eigenvalue weighted by molar-refractivity contribution is 1.24. The number of rotatable bonds is 5. The van der Waals surface area contributed by atoms with Gasteiger partial charge in [0.25, 0.3) is 0 Å². The van der Waals surface area contributed by atoms with E-state index in [1.807, 2.05) is 48.5 Å². The molecule has 98 valence electrons. The van der Waals surface area contributed by atoms with E-state index in [1.54, 1.807) is 21.6 Å². The summed E-state index contributed by atoms with van der Waals surface area (Å²) in [7, 11) is 3.38. The van der Waals surface area contributed by atoms with E-state index in [4.69, 9.17) is 10.5 Å². The molecule has 4 heteroatoms. The summed E-state index contributed by atoms with van der Waals surface area (Å²) in [6.45, 7) is 0. The van der Waals surface area contributed by atoms with Gasteiger partial charge in [-0.2, -0.15) is 10.5 Å². The lowest BCUT2D eigenvalue weighted by atomic mass is 10.2. The van der Waals surface area contributed by atoms with Gasteiger partial charge in [0.15, 0.2) is 0 Å². The maximum atomic E-state index is 8.62. The summed E-state index contributed by atoms with van der Waals surface area (Å²) < 4.78 is 0. The minimum Gasteiger partial charge on any atom is -0.198 e. The average molecular weight is 296 g/mol. The van der Waals surface area contributed by atoms with E-state index in [9.17, 15) is 0 Å². The maximum Gasteiger partial charge on any atom is 0.0669 e. The van der Waals surface area contributed by atoms with E-state index in [0.717, 1.165) is 20.9 Å². The molecule has 0 N–H and O–H groups in total. The van der Waals surface area contributed by atoms with Crippen molar-refractivity contribution in [1.29, 1.82) is 10.5 Å². The molecule has 0 aliphatic heterocycles. The molecule has 0 bridgehead atoms. The maximum absolute atomic E-state index is 8.62. The highest BCUT2D eigenvalue weighted by Crippen LogP contribution is 2.37. The first-order chi connectivity index (χ1) is 9.81. The third-order valence-electron chi connectivity index (χ3n) is 2.65. The van der Waals surface area contributed by atoms with Gasteiger partial charge in [-0.15, -0.1) is 0 Å². The van der Waals surface area contributed by atoms with Crippen LogP contribution < -0.4 is 0 Å². The van der Waals surface area contributed by atoms with Crippen LogP contribution in [0.3, 0.4) is 0 Å². The summed E-state index contributed by atoms with van der Waals surface area (Å²) in [4.78, 5) is 2.33. The Balaban J connectivity index is 1.91. The van der Waals surface area contributed by atoms with Gasteiger partial charge in [0.05, 0.1) is 25.0 Å². The Labute approximate surface area is 126 Å². The second-order valence-corrected chi connectivity index (χ2v) is 6.40. The molecular weight excluding hydrogens is 284 g/mol. The van der Waals surface area contributed by atoms with Crippen LogP contribution in [0.15, 0.2) is 58.3 Å². The Morgan fingerprint density at radius 3 is 1.30 bits per heavy atom. The van der Waals surface area contributed by atoms with Crippen LogP contribution in [-0.4, -0.2) is 0 Å². The van der Waals surface area contributed by atoms with Gasteiger partial charge < -0.3 is 0 Å². The molecule has 0 aliphatic rings. The molecule has 0 heterocycles.